The number of aromatic nitrogens is 1. The Morgan fingerprint density at radius 3 is 2.24 bits per heavy atom. The van der Waals surface area contributed by atoms with E-state index in [1.54, 1.807) is 6.07 Å². The lowest BCUT2D eigenvalue weighted by atomic mass is 9.68. The van der Waals surface area contributed by atoms with Crippen LogP contribution < -0.4 is 0 Å². The van der Waals surface area contributed by atoms with E-state index in [0.29, 0.717) is 69.8 Å². The van der Waals surface area contributed by atoms with Crippen molar-refractivity contribution in [3.8, 4) is 6.07 Å². The summed E-state index contributed by atoms with van der Waals surface area (Å²) >= 11 is 0. The number of nitriles is 1. The van der Waals surface area contributed by atoms with Crippen molar-refractivity contribution in [3.63, 3.8) is 0 Å². The van der Waals surface area contributed by atoms with Crippen molar-refractivity contribution in [2.45, 2.75) is 128 Å². The molecule has 2 fully saturated rings. The molecule has 50 heavy (non-hydrogen) atoms. The van der Waals surface area contributed by atoms with Crippen LogP contribution in [0.5, 0.6) is 0 Å². The maximum absolute atomic E-state index is 14.0. The fourth-order valence-corrected chi connectivity index (χ4v) is 9.26. The first kappa shape index (κ1) is 37.0. The first-order valence-electron chi connectivity index (χ1n) is 17.7. The Kier molecular flexibility index (Phi) is 9.60. The third kappa shape index (κ3) is 6.53. The van der Waals surface area contributed by atoms with Gasteiger partial charge in [-0.15, -0.1) is 0 Å². The summed E-state index contributed by atoms with van der Waals surface area (Å²) in [5, 5.41) is 9.77. The molecule has 12 heteroatoms. The van der Waals surface area contributed by atoms with Crippen LogP contribution in [-0.2, 0) is 39.9 Å². The average Bonchev–Trinajstić information content (AvgIpc) is 3.35. The van der Waals surface area contributed by atoms with E-state index in [1.807, 2.05) is 0 Å². The summed E-state index contributed by atoms with van der Waals surface area (Å²) in [6.07, 6.45) is -3.55. The van der Waals surface area contributed by atoms with Crippen LogP contribution in [0.3, 0.4) is 0 Å². The predicted octanol–water partition coefficient (Wildman–Crippen LogP) is 9.09. The number of pyridine rings is 1. The number of nitrogens with zero attached hydrogens (tertiary/aromatic N) is 2. The largest absolute Gasteiger partial charge is 0.455 e. The lowest BCUT2D eigenvalue weighted by Gasteiger charge is -2.48. The number of hydrogen-bond acceptors (Lipinski definition) is 8. The Balaban J connectivity index is 1.69. The highest BCUT2D eigenvalue weighted by Crippen LogP contribution is 2.61. The molecule has 0 N–H and O–H groups in total. The smallest absolute Gasteiger partial charge is 0.417 e. The van der Waals surface area contributed by atoms with Gasteiger partial charge in [-0.3, -0.25) is 9.78 Å². The fourth-order valence-electron chi connectivity index (χ4n) is 8.00. The molecule has 6 rings (SSSR count). The molecule has 0 saturated carbocycles. The van der Waals surface area contributed by atoms with Crippen LogP contribution >= 0.6 is 0 Å². The second-order valence-electron chi connectivity index (χ2n) is 16.5. The molecule has 4 aliphatic rings. The normalized spacial score (nSPS) is 25.1. The summed E-state index contributed by atoms with van der Waals surface area (Å²) in [4.78, 5) is 18.2. The number of rotatable bonds is 5. The van der Waals surface area contributed by atoms with Gasteiger partial charge in [0.1, 0.15) is 12.2 Å². The highest BCUT2D eigenvalue weighted by molar-refractivity contribution is 6.74. The van der Waals surface area contributed by atoms with Crippen molar-refractivity contribution < 1.29 is 41.3 Å². The predicted molar refractivity (Wildman–Crippen MR) is 182 cm³/mol. The molecule has 4 heterocycles. The summed E-state index contributed by atoms with van der Waals surface area (Å²) in [5.74, 6) is -0.437. The number of halogens is 3. The number of fused-ring (bicyclic) bond motifs is 4. The summed E-state index contributed by atoms with van der Waals surface area (Å²) in [5.41, 5.74) is 1.71. The summed E-state index contributed by atoms with van der Waals surface area (Å²) in [7, 11) is -2.39. The van der Waals surface area contributed by atoms with Crippen LogP contribution in [0.1, 0.15) is 143 Å². The molecular formula is C38H49F3N2O6Si. The number of ether oxygens (including phenoxy) is 4. The van der Waals surface area contributed by atoms with E-state index < -0.39 is 60.9 Å². The van der Waals surface area contributed by atoms with E-state index >= 15 is 0 Å². The first-order chi connectivity index (χ1) is 23.3. The summed E-state index contributed by atoms with van der Waals surface area (Å²) in [6.45, 7) is 18.6. The molecule has 1 spiro atoms. The number of alkyl halides is 3. The molecule has 272 valence electrons. The van der Waals surface area contributed by atoms with Crippen molar-refractivity contribution in [2.24, 2.45) is 5.41 Å². The van der Waals surface area contributed by atoms with Gasteiger partial charge in [0.25, 0.3) is 0 Å². The van der Waals surface area contributed by atoms with Gasteiger partial charge in [-0.2, -0.15) is 18.4 Å². The van der Waals surface area contributed by atoms with Gasteiger partial charge in [0, 0.05) is 68.7 Å². The third-order valence-corrected chi connectivity index (χ3v) is 16.1. The maximum Gasteiger partial charge on any atom is 0.417 e. The van der Waals surface area contributed by atoms with Gasteiger partial charge < -0.3 is 23.4 Å². The van der Waals surface area contributed by atoms with Gasteiger partial charge in [-0.25, -0.2) is 0 Å². The highest BCUT2D eigenvalue weighted by atomic mass is 28.4. The minimum atomic E-state index is -4.68. The van der Waals surface area contributed by atoms with Gasteiger partial charge >= 0.3 is 12.1 Å². The number of esters is 1. The van der Waals surface area contributed by atoms with Gasteiger partial charge in [-0.1, -0.05) is 40.7 Å². The fraction of sp³-hybridized carbons (Fsp3) is 0.658. The topological polar surface area (TPSA) is 99.9 Å². The van der Waals surface area contributed by atoms with Crippen LogP contribution in [-0.4, -0.2) is 45.7 Å². The van der Waals surface area contributed by atoms with Crippen molar-refractivity contribution >= 4 is 14.3 Å². The minimum absolute atomic E-state index is 0.0310. The van der Waals surface area contributed by atoms with Crippen LogP contribution in [0.25, 0.3) is 0 Å². The average molecular weight is 715 g/mol. The Morgan fingerprint density at radius 2 is 1.66 bits per heavy atom. The van der Waals surface area contributed by atoms with Gasteiger partial charge in [0.2, 0.25) is 0 Å². The molecule has 0 radical (unpaired) electrons. The molecule has 2 aromatic rings. The zero-order valence-corrected chi connectivity index (χ0v) is 31.4. The monoisotopic (exact) mass is 714 g/mol. The molecule has 3 aliphatic heterocycles. The van der Waals surface area contributed by atoms with Gasteiger partial charge in [0.05, 0.1) is 40.3 Å². The Morgan fingerprint density at radius 1 is 1.02 bits per heavy atom. The first-order valence-corrected chi connectivity index (χ1v) is 20.6. The number of carbonyl (C=O) groups is 1. The van der Waals surface area contributed by atoms with E-state index in [0.717, 1.165) is 28.5 Å². The Bertz CT molecular complexity index is 1680. The lowest BCUT2D eigenvalue weighted by molar-refractivity contribution is -0.156. The Labute approximate surface area is 294 Å². The van der Waals surface area contributed by atoms with Crippen LogP contribution in [0.4, 0.5) is 13.2 Å². The van der Waals surface area contributed by atoms with Crippen molar-refractivity contribution in [2.75, 3.05) is 26.4 Å². The van der Waals surface area contributed by atoms with Gasteiger partial charge in [0.15, 0.2) is 8.32 Å². The summed E-state index contributed by atoms with van der Waals surface area (Å²) in [6, 6.07) is 5.50. The van der Waals surface area contributed by atoms with Crippen molar-refractivity contribution in [3.05, 3.63) is 63.0 Å². The quantitative estimate of drug-likeness (QED) is 0.224. The number of carbonyl (C=O) groups excluding carboxylic acids is 1. The van der Waals surface area contributed by atoms with E-state index in [4.69, 9.17) is 28.4 Å². The number of benzene rings is 1. The highest BCUT2D eigenvalue weighted by Gasteiger charge is 2.56. The molecule has 0 bridgehead atoms. The number of hydrogen-bond donors (Lipinski definition) is 0. The van der Waals surface area contributed by atoms with Crippen LogP contribution in [0.15, 0.2) is 18.2 Å². The molecule has 8 nitrogen and oxygen atoms in total. The zero-order chi connectivity index (χ0) is 36.4. The molecule has 1 aromatic carbocycles. The molecule has 3 atom stereocenters. The van der Waals surface area contributed by atoms with E-state index in [-0.39, 0.29) is 11.0 Å². The van der Waals surface area contributed by atoms with Crippen LogP contribution in [0.2, 0.25) is 18.1 Å². The zero-order valence-electron chi connectivity index (χ0n) is 30.4. The van der Waals surface area contributed by atoms with Gasteiger partial charge in [-0.05, 0) is 60.7 Å². The Hall–Kier alpha value is -2.82. The molecule has 3 unspecified atom stereocenters. The van der Waals surface area contributed by atoms with Crippen molar-refractivity contribution in [1.29, 1.82) is 5.26 Å². The maximum atomic E-state index is 14.0. The van der Waals surface area contributed by atoms with E-state index in [2.05, 4.69) is 47.7 Å². The van der Waals surface area contributed by atoms with E-state index in [1.165, 1.54) is 19.1 Å². The molecule has 0 amide bonds. The SMILES string of the molecule is CC(=O)OC1c2nc(C3CCOCC3)c3c(c2C(O[Si](C)(C)C(C)(C)C)CC1(C)C)C1(CCOCC1)OC3c1ccc(C(F)(F)F)c(C#N)c1. The standard InChI is InChI=1S/C38H49F3N2O6Si/c1-22(44)47-34-32-28(27(20-36(34,5)6)49-50(7,8)35(2,3)4)30-29(31(43-32)23-11-15-45-16-12-23)33(48-37(30)13-17-46-18-14-37)24-9-10-26(38(39,40)41)25(19-24)21-42/h9-10,19,23,27,33-34H,11-18,20H2,1-8H3. The minimum Gasteiger partial charge on any atom is -0.455 e. The molecule has 1 aromatic heterocycles. The van der Waals surface area contributed by atoms with Crippen molar-refractivity contribution in [1.82, 2.24) is 4.98 Å². The third-order valence-electron chi connectivity index (χ3n) is 11.6. The lowest BCUT2D eigenvalue weighted by Crippen LogP contribution is -2.46. The second-order valence-corrected chi connectivity index (χ2v) is 21.3. The second kappa shape index (κ2) is 13.0. The summed E-state index contributed by atoms with van der Waals surface area (Å²) < 4.78 is 74.2. The van der Waals surface area contributed by atoms with E-state index in [9.17, 15) is 23.2 Å². The van der Waals surface area contributed by atoms with Crippen LogP contribution in [0, 0.1) is 16.7 Å². The molecule has 2 saturated heterocycles. The molecule has 1 aliphatic carbocycles. The molecular weight excluding hydrogens is 666 g/mol.